The molecule has 8 heteroatoms. The number of rotatable bonds is 9. The van der Waals surface area contributed by atoms with Crippen LogP contribution < -0.4 is 4.90 Å². The Hall–Kier alpha value is -3.83. The van der Waals surface area contributed by atoms with E-state index < -0.39 is 5.25 Å². The second-order valence-corrected chi connectivity index (χ2v) is 8.66. The summed E-state index contributed by atoms with van der Waals surface area (Å²) in [5, 5.41) is 18.0. The first-order valence-corrected chi connectivity index (χ1v) is 11.5. The highest BCUT2D eigenvalue weighted by molar-refractivity contribution is 8.00. The minimum Gasteiger partial charge on any atom is -0.461 e. The lowest BCUT2D eigenvalue weighted by atomic mass is 10.2. The van der Waals surface area contributed by atoms with Crippen LogP contribution in [-0.4, -0.2) is 32.5 Å². The molecule has 4 rings (SSSR count). The highest BCUT2D eigenvalue weighted by Gasteiger charge is 2.26. The van der Waals surface area contributed by atoms with Gasteiger partial charge in [0.2, 0.25) is 11.7 Å². The molecule has 166 valence electrons. The van der Waals surface area contributed by atoms with Crippen molar-refractivity contribution in [2.75, 3.05) is 11.4 Å². The number of carbonyl (C=O) groups is 1. The molecule has 0 aliphatic rings. The summed E-state index contributed by atoms with van der Waals surface area (Å²) in [7, 11) is 0. The predicted molar refractivity (Wildman–Crippen MR) is 128 cm³/mol. The highest BCUT2D eigenvalue weighted by Crippen LogP contribution is 2.29. The summed E-state index contributed by atoms with van der Waals surface area (Å²) >= 11 is 1.35. The Bertz CT molecular complexity index is 1220. The summed E-state index contributed by atoms with van der Waals surface area (Å²) in [5.41, 5.74) is 1.86. The maximum absolute atomic E-state index is 13.4. The van der Waals surface area contributed by atoms with Crippen LogP contribution >= 0.6 is 11.8 Å². The lowest BCUT2D eigenvalue weighted by Crippen LogP contribution is -2.37. The van der Waals surface area contributed by atoms with Crippen LogP contribution in [0.4, 0.5) is 5.69 Å². The molecule has 1 amide bonds. The number of aromatic nitrogens is 3. The van der Waals surface area contributed by atoms with Crippen molar-refractivity contribution in [1.29, 1.82) is 5.26 Å². The quantitative estimate of drug-likeness (QED) is 0.328. The lowest BCUT2D eigenvalue weighted by molar-refractivity contribution is -0.117. The summed E-state index contributed by atoms with van der Waals surface area (Å²) in [4.78, 5) is 15.0. The molecule has 0 spiro atoms. The Morgan fingerprint density at radius 3 is 2.48 bits per heavy atom. The van der Waals surface area contributed by atoms with Crippen molar-refractivity contribution in [2.45, 2.75) is 30.3 Å². The topological polar surface area (TPSA) is 87.9 Å². The molecular formula is C25H23N5O2S. The van der Waals surface area contributed by atoms with Gasteiger partial charge in [0.05, 0.1) is 30.5 Å². The van der Waals surface area contributed by atoms with Crippen LogP contribution in [0.25, 0.3) is 11.6 Å². The van der Waals surface area contributed by atoms with Crippen LogP contribution in [-0.2, 0) is 11.3 Å². The number of amides is 1. The summed E-state index contributed by atoms with van der Waals surface area (Å²) < 4.78 is 7.53. The normalized spacial score (nSPS) is 11.6. The maximum Gasteiger partial charge on any atom is 0.240 e. The Morgan fingerprint density at radius 1 is 1.09 bits per heavy atom. The SMILES string of the molecule is CC(Sc1nnc(-c2ccco2)n1Cc1ccccc1)C(=O)N(CCC#N)c1ccccc1. The zero-order chi connectivity index (χ0) is 23.0. The van der Waals surface area contributed by atoms with Gasteiger partial charge in [-0.15, -0.1) is 10.2 Å². The summed E-state index contributed by atoms with van der Waals surface area (Å²) in [5.74, 6) is 1.13. The molecule has 2 aromatic heterocycles. The molecule has 7 nitrogen and oxygen atoms in total. The Balaban J connectivity index is 1.61. The second kappa shape index (κ2) is 10.7. The molecule has 1 unspecified atom stereocenters. The standard InChI is InChI=1S/C25H23N5O2S/c1-19(24(31)29(16-9-15-26)21-12-6-3-7-13-21)33-25-28-27-23(22-14-8-17-32-22)30(25)18-20-10-4-2-5-11-20/h2-8,10-14,17,19H,9,16,18H2,1H3. The van der Waals surface area contributed by atoms with Gasteiger partial charge in [-0.2, -0.15) is 5.26 Å². The fraction of sp³-hybridized carbons (Fsp3) is 0.200. The zero-order valence-corrected chi connectivity index (χ0v) is 19.0. The predicted octanol–water partition coefficient (Wildman–Crippen LogP) is 5.01. The highest BCUT2D eigenvalue weighted by atomic mass is 32.2. The van der Waals surface area contributed by atoms with E-state index in [0.717, 1.165) is 11.3 Å². The smallest absolute Gasteiger partial charge is 0.240 e. The molecular weight excluding hydrogens is 434 g/mol. The van der Waals surface area contributed by atoms with Crippen molar-refractivity contribution in [3.05, 3.63) is 84.6 Å². The average Bonchev–Trinajstić information content (AvgIpc) is 3.51. The third kappa shape index (κ3) is 5.33. The lowest BCUT2D eigenvalue weighted by Gasteiger charge is -2.24. The van der Waals surface area contributed by atoms with Gasteiger partial charge in [0, 0.05) is 12.2 Å². The van der Waals surface area contributed by atoms with Crippen LogP contribution in [0.1, 0.15) is 18.9 Å². The van der Waals surface area contributed by atoms with Crippen LogP contribution in [0.15, 0.2) is 88.6 Å². The molecule has 0 bridgehead atoms. The molecule has 0 N–H and O–H groups in total. The maximum atomic E-state index is 13.4. The fourth-order valence-electron chi connectivity index (χ4n) is 3.44. The van der Waals surface area contributed by atoms with E-state index in [-0.39, 0.29) is 12.3 Å². The minimum atomic E-state index is -0.438. The van der Waals surface area contributed by atoms with E-state index in [1.54, 1.807) is 11.2 Å². The third-order valence-electron chi connectivity index (χ3n) is 5.05. The van der Waals surface area contributed by atoms with Gasteiger partial charge in [-0.25, -0.2) is 0 Å². The number of thioether (sulfide) groups is 1. The number of anilines is 1. The molecule has 33 heavy (non-hydrogen) atoms. The number of nitriles is 1. The fourth-order valence-corrected chi connectivity index (χ4v) is 4.35. The first kappa shape index (κ1) is 22.4. The van der Waals surface area contributed by atoms with Gasteiger partial charge in [-0.1, -0.05) is 60.3 Å². The van der Waals surface area contributed by atoms with Gasteiger partial charge in [-0.05, 0) is 36.8 Å². The third-order valence-corrected chi connectivity index (χ3v) is 6.12. The summed E-state index contributed by atoms with van der Waals surface area (Å²) in [6, 6.07) is 25.2. The molecule has 2 aromatic carbocycles. The number of furan rings is 1. The van der Waals surface area contributed by atoms with E-state index in [1.165, 1.54) is 11.8 Å². The van der Waals surface area contributed by atoms with Crippen LogP contribution in [0, 0.1) is 11.3 Å². The Labute approximate surface area is 196 Å². The molecule has 2 heterocycles. The van der Waals surface area contributed by atoms with E-state index >= 15 is 0 Å². The molecule has 1 atom stereocenters. The number of para-hydroxylation sites is 1. The largest absolute Gasteiger partial charge is 0.461 e. The van der Waals surface area contributed by atoms with E-state index in [2.05, 4.69) is 16.3 Å². The second-order valence-electron chi connectivity index (χ2n) is 7.35. The molecule has 0 aliphatic carbocycles. The number of benzene rings is 2. The van der Waals surface area contributed by atoms with Gasteiger partial charge in [0.15, 0.2) is 10.9 Å². The number of carbonyl (C=O) groups excluding carboxylic acids is 1. The van der Waals surface area contributed by atoms with Crippen LogP contribution in [0.2, 0.25) is 0 Å². The van der Waals surface area contributed by atoms with Gasteiger partial charge in [-0.3, -0.25) is 9.36 Å². The van der Waals surface area contributed by atoms with Gasteiger partial charge >= 0.3 is 0 Å². The summed E-state index contributed by atoms with van der Waals surface area (Å²) in [6.07, 6.45) is 1.85. The van der Waals surface area contributed by atoms with Crippen molar-refractivity contribution in [2.24, 2.45) is 0 Å². The zero-order valence-electron chi connectivity index (χ0n) is 18.2. The van der Waals surface area contributed by atoms with E-state index in [1.807, 2.05) is 84.3 Å². The van der Waals surface area contributed by atoms with Crippen LogP contribution in [0.5, 0.6) is 0 Å². The van der Waals surface area contributed by atoms with E-state index in [0.29, 0.717) is 29.8 Å². The molecule has 0 saturated heterocycles. The van der Waals surface area contributed by atoms with Crippen LogP contribution in [0.3, 0.4) is 0 Å². The first-order valence-electron chi connectivity index (χ1n) is 10.6. The van der Waals surface area contributed by atoms with Crippen molar-refractivity contribution < 1.29 is 9.21 Å². The van der Waals surface area contributed by atoms with E-state index in [4.69, 9.17) is 9.68 Å². The molecule has 0 radical (unpaired) electrons. The number of hydrogen-bond donors (Lipinski definition) is 0. The van der Waals surface area contributed by atoms with Crippen molar-refractivity contribution in [3.63, 3.8) is 0 Å². The Kier molecular flexibility index (Phi) is 7.22. The monoisotopic (exact) mass is 457 g/mol. The van der Waals surface area contributed by atoms with Crippen molar-refractivity contribution in [1.82, 2.24) is 14.8 Å². The van der Waals surface area contributed by atoms with Gasteiger partial charge in [0.25, 0.3) is 0 Å². The van der Waals surface area contributed by atoms with Crippen molar-refractivity contribution in [3.8, 4) is 17.7 Å². The van der Waals surface area contributed by atoms with E-state index in [9.17, 15) is 4.79 Å². The van der Waals surface area contributed by atoms with Gasteiger partial charge < -0.3 is 9.32 Å². The average molecular weight is 458 g/mol. The molecule has 0 fully saturated rings. The molecule has 4 aromatic rings. The number of nitrogens with zero attached hydrogens (tertiary/aromatic N) is 5. The first-order chi connectivity index (χ1) is 16.2. The minimum absolute atomic E-state index is 0.0877. The van der Waals surface area contributed by atoms with Crippen molar-refractivity contribution >= 4 is 23.4 Å². The number of hydrogen-bond acceptors (Lipinski definition) is 6. The van der Waals surface area contributed by atoms with Gasteiger partial charge in [0.1, 0.15) is 0 Å². The Morgan fingerprint density at radius 2 is 1.82 bits per heavy atom. The summed E-state index contributed by atoms with van der Waals surface area (Å²) in [6.45, 7) is 2.73. The molecule has 0 saturated carbocycles. The molecule has 0 aliphatic heterocycles.